The molecule has 3 rings (SSSR count). The molecular weight excluding hydrogens is 352 g/mol. The lowest BCUT2D eigenvalue weighted by Gasteiger charge is -2.21. The van der Waals surface area contributed by atoms with E-state index >= 15 is 0 Å². The van der Waals surface area contributed by atoms with E-state index in [0.29, 0.717) is 6.54 Å². The standard InChI is InChI=1S/C19H24N4S.ClH/c1-22-14-17(19(21-22)18-8-5-13-24-18)15-23(12-10-20)11-9-16-6-3-2-4-7-16;/h2-8,13-14H,9-12,15,20H2,1H3;1H. The van der Waals surface area contributed by atoms with Gasteiger partial charge in [-0.15, -0.1) is 23.7 Å². The lowest BCUT2D eigenvalue weighted by molar-refractivity contribution is 0.276. The Hall–Kier alpha value is -1.66. The van der Waals surface area contributed by atoms with Crippen LogP contribution < -0.4 is 5.73 Å². The summed E-state index contributed by atoms with van der Waals surface area (Å²) in [4.78, 5) is 3.64. The zero-order valence-corrected chi connectivity index (χ0v) is 16.1. The van der Waals surface area contributed by atoms with Gasteiger partial charge >= 0.3 is 0 Å². The topological polar surface area (TPSA) is 47.1 Å². The quantitative estimate of drug-likeness (QED) is 0.653. The van der Waals surface area contributed by atoms with Crippen LogP contribution in [0.15, 0.2) is 54.0 Å². The van der Waals surface area contributed by atoms with Crippen molar-refractivity contribution in [1.29, 1.82) is 0 Å². The van der Waals surface area contributed by atoms with E-state index in [0.717, 1.165) is 31.7 Å². The maximum absolute atomic E-state index is 5.83. The molecule has 134 valence electrons. The first-order valence-electron chi connectivity index (χ1n) is 8.29. The zero-order chi connectivity index (χ0) is 16.8. The molecule has 0 bridgehead atoms. The summed E-state index contributed by atoms with van der Waals surface area (Å²) in [7, 11) is 1.98. The fraction of sp³-hybridized carbons (Fsp3) is 0.316. The summed E-state index contributed by atoms with van der Waals surface area (Å²) < 4.78 is 1.90. The second-order valence-electron chi connectivity index (χ2n) is 5.95. The molecule has 6 heteroatoms. The summed E-state index contributed by atoms with van der Waals surface area (Å²) in [5.41, 5.74) is 9.55. The van der Waals surface area contributed by atoms with Gasteiger partial charge in [0.25, 0.3) is 0 Å². The molecule has 0 amide bonds. The Morgan fingerprint density at radius 3 is 2.60 bits per heavy atom. The summed E-state index contributed by atoms with van der Waals surface area (Å²) in [5, 5.41) is 6.75. The van der Waals surface area contributed by atoms with Gasteiger partial charge in [0, 0.05) is 45.0 Å². The van der Waals surface area contributed by atoms with Gasteiger partial charge in [-0.05, 0) is 23.4 Å². The van der Waals surface area contributed by atoms with Crippen molar-refractivity contribution < 1.29 is 0 Å². The van der Waals surface area contributed by atoms with Crippen LogP contribution in [0.1, 0.15) is 11.1 Å². The molecule has 2 heterocycles. The van der Waals surface area contributed by atoms with Crippen molar-refractivity contribution in [3.05, 3.63) is 65.2 Å². The zero-order valence-electron chi connectivity index (χ0n) is 14.5. The lowest BCUT2D eigenvalue weighted by Crippen LogP contribution is -2.31. The SMILES string of the molecule is Cl.Cn1cc(CN(CCN)CCc2ccccc2)c(-c2cccs2)n1. The number of hydrogen-bond acceptors (Lipinski definition) is 4. The van der Waals surface area contributed by atoms with E-state index in [-0.39, 0.29) is 12.4 Å². The van der Waals surface area contributed by atoms with Crippen LogP contribution in [0.4, 0.5) is 0 Å². The number of aryl methyl sites for hydroxylation is 1. The fourth-order valence-electron chi connectivity index (χ4n) is 2.90. The second kappa shape index (κ2) is 9.73. The van der Waals surface area contributed by atoms with Gasteiger partial charge in [0.05, 0.1) is 4.88 Å². The number of benzene rings is 1. The number of hydrogen-bond donors (Lipinski definition) is 1. The highest BCUT2D eigenvalue weighted by Gasteiger charge is 2.14. The molecule has 3 aromatic rings. The molecule has 4 nitrogen and oxygen atoms in total. The summed E-state index contributed by atoms with van der Waals surface area (Å²) in [6.07, 6.45) is 3.16. The molecule has 0 saturated heterocycles. The van der Waals surface area contributed by atoms with Crippen LogP contribution in [0, 0.1) is 0 Å². The summed E-state index contributed by atoms with van der Waals surface area (Å²) >= 11 is 1.74. The fourth-order valence-corrected chi connectivity index (χ4v) is 3.64. The summed E-state index contributed by atoms with van der Waals surface area (Å²) in [5.74, 6) is 0. The number of nitrogens with two attached hydrogens (primary N) is 1. The van der Waals surface area contributed by atoms with E-state index in [4.69, 9.17) is 5.73 Å². The molecule has 2 N–H and O–H groups in total. The summed E-state index contributed by atoms with van der Waals surface area (Å²) in [6.45, 7) is 3.44. The van der Waals surface area contributed by atoms with Crippen LogP contribution in [-0.4, -0.2) is 34.3 Å². The first-order valence-corrected chi connectivity index (χ1v) is 9.17. The summed E-state index contributed by atoms with van der Waals surface area (Å²) in [6, 6.07) is 14.8. The number of thiophene rings is 1. The van der Waals surface area contributed by atoms with Gasteiger partial charge in [-0.3, -0.25) is 9.58 Å². The molecule has 2 aromatic heterocycles. The molecule has 0 atom stereocenters. The monoisotopic (exact) mass is 376 g/mol. The van der Waals surface area contributed by atoms with Gasteiger partial charge in [0.1, 0.15) is 5.69 Å². The van der Waals surface area contributed by atoms with Crippen molar-refractivity contribution in [2.45, 2.75) is 13.0 Å². The molecule has 0 radical (unpaired) electrons. The average molecular weight is 377 g/mol. The Balaban J connectivity index is 0.00000225. The molecule has 1 aromatic carbocycles. The van der Waals surface area contributed by atoms with Crippen molar-refractivity contribution in [3.63, 3.8) is 0 Å². The lowest BCUT2D eigenvalue weighted by atomic mass is 10.1. The first-order chi connectivity index (χ1) is 11.8. The number of halogens is 1. The molecule has 0 unspecified atom stereocenters. The van der Waals surface area contributed by atoms with E-state index < -0.39 is 0 Å². The van der Waals surface area contributed by atoms with Crippen molar-refractivity contribution >= 4 is 23.7 Å². The van der Waals surface area contributed by atoms with Gasteiger partial charge in [-0.25, -0.2) is 0 Å². The van der Waals surface area contributed by atoms with Gasteiger partial charge < -0.3 is 5.73 Å². The average Bonchev–Trinajstić information content (AvgIpc) is 3.23. The number of aromatic nitrogens is 2. The molecule has 0 aliphatic heterocycles. The van der Waals surface area contributed by atoms with Crippen LogP contribution in [0.25, 0.3) is 10.6 Å². The van der Waals surface area contributed by atoms with Crippen LogP contribution >= 0.6 is 23.7 Å². The highest BCUT2D eigenvalue weighted by Crippen LogP contribution is 2.27. The Labute approximate surface area is 159 Å². The minimum atomic E-state index is 0. The van der Waals surface area contributed by atoms with Crippen molar-refractivity contribution in [2.75, 3.05) is 19.6 Å². The van der Waals surface area contributed by atoms with Crippen molar-refractivity contribution in [2.24, 2.45) is 12.8 Å². The van der Waals surface area contributed by atoms with Crippen molar-refractivity contribution in [1.82, 2.24) is 14.7 Å². The van der Waals surface area contributed by atoms with E-state index in [1.54, 1.807) is 11.3 Å². The Bertz CT molecular complexity index is 740. The number of rotatable bonds is 8. The maximum atomic E-state index is 5.83. The molecule has 0 fully saturated rings. The van der Waals surface area contributed by atoms with Crippen LogP contribution in [-0.2, 0) is 20.0 Å². The molecule has 0 aliphatic carbocycles. The predicted octanol–water partition coefficient (Wildman–Crippen LogP) is 3.57. The molecule has 25 heavy (non-hydrogen) atoms. The Morgan fingerprint density at radius 1 is 1.12 bits per heavy atom. The van der Waals surface area contributed by atoms with Crippen LogP contribution in [0.2, 0.25) is 0 Å². The van der Waals surface area contributed by atoms with Gasteiger partial charge in [0.15, 0.2) is 0 Å². The van der Waals surface area contributed by atoms with Gasteiger partial charge in [-0.1, -0.05) is 36.4 Å². The molecular formula is C19H25ClN4S. The number of nitrogens with zero attached hydrogens (tertiary/aromatic N) is 3. The third kappa shape index (κ3) is 5.41. The highest BCUT2D eigenvalue weighted by atomic mass is 35.5. The van der Waals surface area contributed by atoms with E-state index in [1.807, 2.05) is 11.7 Å². The minimum Gasteiger partial charge on any atom is -0.329 e. The Kier molecular flexibility index (Phi) is 7.65. The van der Waals surface area contributed by atoms with Crippen molar-refractivity contribution in [3.8, 4) is 10.6 Å². The molecule has 0 saturated carbocycles. The van der Waals surface area contributed by atoms with E-state index in [9.17, 15) is 0 Å². The smallest absolute Gasteiger partial charge is 0.107 e. The largest absolute Gasteiger partial charge is 0.329 e. The van der Waals surface area contributed by atoms with Crippen LogP contribution in [0.3, 0.4) is 0 Å². The third-order valence-corrected chi connectivity index (χ3v) is 4.93. The van der Waals surface area contributed by atoms with Gasteiger partial charge in [-0.2, -0.15) is 5.10 Å². The van der Waals surface area contributed by atoms with E-state index in [1.165, 1.54) is 16.0 Å². The predicted molar refractivity (Wildman–Crippen MR) is 108 cm³/mol. The first kappa shape index (κ1) is 19.7. The van der Waals surface area contributed by atoms with Crippen LogP contribution in [0.5, 0.6) is 0 Å². The maximum Gasteiger partial charge on any atom is 0.107 e. The van der Waals surface area contributed by atoms with E-state index in [2.05, 4.69) is 64.0 Å². The Morgan fingerprint density at radius 2 is 1.92 bits per heavy atom. The molecule has 0 aliphatic rings. The highest BCUT2D eigenvalue weighted by molar-refractivity contribution is 7.13. The minimum absolute atomic E-state index is 0. The normalized spacial score (nSPS) is 10.8. The third-order valence-electron chi connectivity index (χ3n) is 4.06. The van der Waals surface area contributed by atoms with Gasteiger partial charge in [0.2, 0.25) is 0 Å². The molecule has 0 spiro atoms. The second-order valence-corrected chi connectivity index (χ2v) is 6.90.